The Morgan fingerprint density at radius 3 is 2.28 bits per heavy atom. The van der Waals surface area contributed by atoms with E-state index >= 15 is 0 Å². The molecule has 2 aromatic heterocycles. The molecule has 32 heavy (non-hydrogen) atoms. The summed E-state index contributed by atoms with van der Waals surface area (Å²) >= 11 is 0. The summed E-state index contributed by atoms with van der Waals surface area (Å²) in [6, 6.07) is 15.8. The summed E-state index contributed by atoms with van der Waals surface area (Å²) in [6.07, 6.45) is 0.183. The molecule has 4 rings (SSSR count). The van der Waals surface area contributed by atoms with Gasteiger partial charge in [-0.15, -0.1) is 0 Å². The molecule has 0 radical (unpaired) electrons. The second-order valence-electron chi connectivity index (χ2n) is 7.45. The van der Waals surface area contributed by atoms with Gasteiger partial charge in [0.2, 0.25) is 0 Å². The number of aliphatic hydroxyl groups excluding tert-OH is 1. The molecular weight excluding hydrogens is 432 g/mol. The van der Waals surface area contributed by atoms with Gasteiger partial charge >= 0.3 is 5.97 Å². The first kappa shape index (κ1) is 21.5. The van der Waals surface area contributed by atoms with Crippen molar-refractivity contribution in [3.63, 3.8) is 0 Å². The number of fused-ring (bicyclic) bond motifs is 1. The van der Waals surface area contributed by atoms with E-state index in [1.165, 1.54) is 25.4 Å². The lowest BCUT2D eigenvalue weighted by atomic mass is 10.00. The lowest BCUT2D eigenvalue weighted by Gasteiger charge is -2.15. The van der Waals surface area contributed by atoms with E-state index in [2.05, 4.69) is 0 Å². The van der Waals surface area contributed by atoms with Crippen LogP contribution >= 0.6 is 0 Å². The van der Waals surface area contributed by atoms with Gasteiger partial charge in [0.25, 0.3) is 15.6 Å². The number of nitrogens with zero attached hydrogens (tertiary/aromatic N) is 2. The molecule has 0 aliphatic rings. The second-order valence-corrected chi connectivity index (χ2v) is 9.20. The number of aryl methyl sites for hydroxylation is 2. The minimum Gasteiger partial charge on any atom is -0.477 e. The fraction of sp³-hybridized carbons (Fsp3) is 0.130. The molecule has 0 saturated heterocycles. The third kappa shape index (κ3) is 3.31. The molecule has 9 heteroatoms. The normalized spacial score (nSPS) is 12.7. The molecule has 0 aliphatic heterocycles. The quantitative estimate of drug-likeness (QED) is 0.481. The van der Waals surface area contributed by atoms with Gasteiger partial charge in [0.1, 0.15) is 17.3 Å². The number of aromatic carboxylic acids is 1. The number of hydrogen-bond acceptors (Lipinski definition) is 5. The summed E-state index contributed by atoms with van der Waals surface area (Å²) < 4.78 is 28.8. The Morgan fingerprint density at radius 1 is 1.03 bits per heavy atom. The van der Waals surface area contributed by atoms with Gasteiger partial charge in [-0.2, -0.15) is 0 Å². The highest BCUT2D eigenvalue weighted by Gasteiger charge is 2.31. The smallest absolute Gasteiger partial charge is 0.353 e. The third-order valence-corrected chi connectivity index (χ3v) is 7.24. The van der Waals surface area contributed by atoms with Crippen LogP contribution in [0.5, 0.6) is 0 Å². The molecule has 0 fully saturated rings. The van der Waals surface area contributed by atoms with E-state index in [9.17, 15) is 28.2 Å². The van der Waals surface area contributed by atoms with Gasteiger partial charge in [0, 0.05) is 24.2 Å². The fourth-order valence-corrected chi connectivity index (χ4v) is 5.52. The van der Waals surface area contributed by atoms with Crippen LogP contribution in [0.1, 0.15) is 33.3 Å². The van der Waals surface area contributed by atoms with Crippen LogP contribution < -0.4 is 5.56 Å². The number of benzene rings is 2. The number of carboxylic acids is 1. The van der Waals surface area contributed by atoms with Gasteiger partial charge in [-0.05, 0) is 30.2 Å². The Kier molecular flexibility index (Phi) is 5.23. The van der Waals surface area contributed by atoms with Crippen molar-refractivity contribution in [2.24, 2.45) is 7.05 Å². The van der Waals surface area contributed by atoms with Crippen molar-refractivity contribution in [1.82, 2.24) is 8.54 Å². The zero-order valence-electron chi connectivity index (χ0n) is 17.3. The monoisotopic (exact) mass is 452 g/mol. The first-order valence-corrected chi connectivity index (χ1v) is 11.1. The number of hydrogen-bond donors (Lipinski definition) is 2. The summed E-state index contributed by atoms with van der Waals surface area (Å²) in [4.78, 5) is 25.0. The Labute approximate surface area is 183 Å². The minimum absolute atomic E-state index is 0.0546. The summed E-state index contributed by atoms with van der Waals surface area (Å²) in [5.41, 5.74) is -0.487. The predicted octanol–water partition coefficient (Wildman–Crippen LogP) is 2.67. The Bertz CT molecular complexity index is 1520. The first-order chi connectivity index (χ1) is 15.1. The zero-order valence-corrected chi connectivity index (χ0v) is 18.1. The molecule has 0 spiro atoms. The van der Waals surface area contributed by atoms with Crippen molar-refractivity contribution >= 4 is 26.9 Å². The number of aliphatic hydroxyl groups is 1. The molecule has 1 atom stereocenters. The summed E-state index contributed by atoms with van der Waals surface area (Å²) in [6.45, 7) is 1.59. The van der Waals surface area contributed by atoms with Crippen molar-refractivity contribution < 1.29 is 23.4 Å². The average Bonchev–Trinajstić information content (AvgIpc) is 3.19. The van der Waals surface area contributed by atoms with Gasteiger partial charge in [-0.25, -0.2) is 17.2 Å². The SMILES string of the molecule is Cc1ccccc1S(=O)(=O)n1c(C(=O)O)cc2c(C(O)c3ccccc3)cn(C)c(=O)c21. The maximum atomic E-state index is 13.6. The van der Waals surface area contributed by atoms with Gasteiger partial charge in [0.15, 0.2) is 0 Å². The zero-order chi connectivity index (χ0) is 23.2. The topological polar surface area (TPSA) is 119 Å². The summed E-state index contributed by atoms with van der Waals surface area (Å²) in [5.74, 6) is -1.51. The van der Waals surface area contributed by atoms with E-state index < -0.39 is 33.3 Å². The van der Waals surface area contributed by atoms with Crippen molar-refractivity contribution in [3.8, 4) is 0 Å². The highest BCUT2D eigenvalue weighted by Crippen LogP contribution is 2.32. The molecule has 4 aromatic rings. The number of carboxylic acid groups (broad SMARTS) is 1. The molecule has 2 aromatic carbocycles. The molecule has 0 bridgehead atoms. The van der Waals surface area contributed by atoms with Crippen LogP contribution in [-0.4, -0.2) is 33.1 Å². The lowest BCUT2D eigenvalue weighted by Crippen LogP contribution is -2.26. The highest BCUT2D eigenvalue weighted by molar-refractivity contribution is 7.90. The van der Waals surface area contributed by atoms with Gasteiger partial charge in [0.05, 0.1) is 4.90 Å². The Hall–Kier alpha value is -3.69. The summed E-state index contributed by atoms with van der Waals surface area (Å²) in [5, 5.41) is 20.8. The number of carbonyl (C=O) groups is 1. The number of aromatic nitrogens is 2. The first-order valence-electron chi connectivity index (χ1n) is 9.67. The largest absolute Gasteiger partial charge is 0.477 e. The van der Waals surface area contributed by atoms with Crippen LogP contribution in [0.15, 0.2) is 76.6 Å². The van der Waals surface area contributed by atoms with Crippen LogP contribution in [0.2, 0.25) is 0 Å². The molecular formula is C23H20N2O6S. The van der Waals surface area contributed by atoms with Gasteiger partial charge in [-0.3, -0.25) is 4.79 Å². The van der Waals surface area contributed by atoms with Crippen LogP contribution in [0.4, 0.5) is 0 Å². The van der Waals surface area contributed by atoms with E-state index in [1.54, 1.807) is 49.4 Å². The van der Waals surface area contributed by atoms with Crippen molar-refractivity contribution in [2.75, 3.05) is 0 Å². The maximum absolute atomic E-state index is 13.6. The molecule has 2 heterocycles. The predicted molar refractivity (Wildman–Crippen MR) is 118 cm³/mol. The lowest BCUT2D eigenvalue weighted by molar-refractivity contribution is 0.0689. The molecule has 0 saturated carbocycles. The van der Waals surface area contributed by atoms with Crippen molar-refractivity contribution in [2.45, 2.75) is 17.9 Å². The Balaban J connectivity index is 2.13. The summed E-state index contributed by atoms with van der Waals surface area (Å²) in [7, 11) is -3.02. The number of rotatable bonds is 5. The number of pyridine rings is 1. The molecule has 1 unspecified atom stereocenters. The molecule has 2 N–H and O–H groups in total. The minimum atomic E-state index is -4.43. The van der Waals surface area contributed by atoms with Crippen LogP contribution in [-0.2, 0) is 17.1 Å². The van der Waals surface area contributed by atoms with E-state index in [0.29, 0.717) is 15.1 Å². The van der Waals surface area contributed by atoms with Gasteiger partial charge in [-0.1, -0.05) is 48.5 Å². The molecule has 0 aliphatic carbocycles. The van der Waals surface area contributed by atoms with E-state index in [4.69, 9.17) is 0 Å². The Morgan fingerprint density at radius 2 is 1.66 bits per heavy atom. The fourth-order valence-electron chi connectivity index (χ4n) is 3.79. The van der Waals surface area contributed by atoms with Crippen molar-refractivity contribution in [1.29, 1.82) is 0 Å². The van der Waals surface area contributed by atoms with E-state index in [1.807, 2.05) is 0 Å². The van der Waals surface area contributed by atoms with E-state index in [-0.39, 0.29) is 21.4 Å². The second kappa shape index (κ2) is 7.77. The average molecular weight is 452 g/mol. The molecule has 8 nitrogen and oxygen atoms in total. The highest BCUT2D eigenvalue weighted by atomic mass is 32.2. The van der Waals surface area contributed by atoms with Crippen LogP contribution in [0.3, 0.4) is 0 Å². The van der Waals surface area contributed by atoms with Crippen molar-refractivity contribution in [3.05, 3.63) is 99.6 Å². The van der Waals surface area contributed by atoms with E-state index in [0.717, 1.165) is 10.6 Å². The van der Waals surface area contributed by atoms with Crippen LogP contribution in [0.25, 0.3) is 10.9 Å². The third-order valence-electron chi connectivity index (χ3n) is 5.37. The van der Waals surface area contributed by atoms with Crippen LogP contribution in [0, 0.1) is 6.92 Å². The van der Waals surface area contributed by atoms with Gasteiger partial charge < -0.3 is 14.8 Å². The molecule has 164 valence electrons. The maximum Gasteiger partial charge on any atom is 0.353 e. The standard InChI is InChI=1S/C23H20N2O6S/c1-14-8-6-7-11-19(14)32(30,31)25-18(23(28)29)12-16-17(13-24(2)22(27)20(16)25)21(26)15-9-4-3-5-10-15/h3-13,21,26H,1-2H3,(H,28,29). The molecule has 0 amide bonds.